The van der Waals surface area contributed by atoms with Gasteiger partial charge >= 0.3 is 0 Å². The third-order valence-corrected chi connectivity index (χ3v) is 3.89. The van der Waals surface area contributed by atoms with Crippen LogP contribution in [-0.4, -0.2) is 27.5 Å². The van der Waals surface area contributed by atoms with Gasteiger partial charge in [0.1, 0.15) is 12.1 Å². The molecule has 70 valence electrons. The van der Waals surface area contributed by atoms with E-state index < -0.39 is 0 Å². The van der Waals surface area contributed by atoms with E-state index in [0.717, 1.165) is 9.39 Å². The Balaban J connectivity index is 2.04. The van der Waals surface area contributed by atoms with E-state index in [9.17, 15) is 0 Å². The lowest BCUT2D eigenvalue weighted by Gasteiger charge is -2.12. The number of anilines is 1. The Hall–Kier alpha value is -0.0400. The predicted molar refractivity (Wildman–Crippen MR) is 64.1 cm³/mol. The maximum absolute atomic E-state index is 4.20. The van der Waals surface area contributed by atoms with Gasteiger partial charge in [0, 0.05) is 18.0 Å². The summed E-state index contributed by atoms with van der Waals surface area (Å²) in [6.07, 6.45) is 4.66. The molecule has 1 aromatic rings. The van der Waals surface area contributed by atoms with E-state index in [-0.39, 0.29) is 0 Å². The van der Waals surface area contributed by atoms with E-state index in [1.165, 1.54) is 17.9 Å². The zero-order valence-corrected chi connectivity index (χ0v) is 10.0. The minimum Gasteiger partial charge on any atom is -0.366 e. The first-order valence-corrected chi connectivity index (χ1v) is 6.39. The van der Waals surface area contributed by atoms with Crippen molar-refractivity contribution in [2.75, 3.05) is 16.8 Å². The van der Waals surface area contributed by atoms with Crippen molar-refractivity contribution in [1.29, 1.82) is 0 Å². The average molecular weight is 307 g/mol. The van der Waals surface area contributed by atoms with Gasteiger partial charge in [0.05, 0.1) is 3.57 Å². The zero-order chi connectivity index (χ0) is 9.10. The second kappa shape index (κ2) is 4.45. The number of halogens is 1. The van der Waals surface area contributed by atoms with Crippen molar-refractivity contribution >= 4 is 40.2 Å². The summed E-state index contributed by atoms with van der Waals surface area (Å²) in [7, 11) is 0. The van der Waals surface area contributed by atoms with Crippen molar-refractivity contribution in [3.63, 3.8) is 0 Å². The summed E-state index contributed by atoms with van der Waals surface area (Å²) in [6.45, 7) is 0. The van der Waals surface area contributed by atoms with Gasteiger partial charge < -0.3 is 5.32 Å². The first-order valence-electron chi connectivity index (χ1n) is 4.16. The summed E-state index contributed by atoms with van der Waals surface area (Å²) in [5, 5.41) is 3.43. The highest BCUT2D eigenvalue weighted by atomic mass is 127. The molecule has 5 heteroatoms. The molecule has 0 amide bonds. The summed E-state index contributed by atoms with van der Waals surface area (Å²) < 4.78 is 1.09. The molecule has 3 nitrogen and oxygen atoms in total. The normalized spacial score (nSPS) is 21.8. The van der Waals surface area contributed by atoms with Gasteiger partial charge in [-0.3, -0.25) is 0 Å². The molecule has 0 aliphatic carbocycles. The van der Waals surface area contributed by atoms with Crippen molar-refractivity contribution in [2.24, 2.45) is 0 Å². The van der Waals surface area contributed by atoms with Crippen LogP contribution in [0, 0.1) is 3.57 Å². The smallest absolute Gasteiger partial charge is 0.143 e. The maximum atomic E-state index is 4.20. The van der Waals surface area contributed by atoms with Gasteiger partial charge in [-0.15, -0.1) is 0 Å². The van der Waals surface area contributed by atoms with Gasteiger partial charge in [0.2, 0.25) is 0 Å². The number of hydrogen-bond acceptors (Lipinski definition) is 4. The third-order valence-electron chi connectivity index (χ3n) is 1.94. The summed E-state index contributed by atoms with van der Waals surface area (Å²) in [5.74, 6) is 3.43. The Morgan fingerprint density at radius 3 is 3.23 bits per heavy atom. The Morgan fingerprint density at radius 1 is 1.62 bits per heavy atom. The molecule has 0 saturated carbocycles. The lowest BCUT2D eigenvalue weighted by molar-refractivity contribution is 0.804. The second-order valence-electron chi connectivity index (χ2n) is 2.92. The van der Waals surface area contributed by atoms with Crippen LogP contribution in [0.3, 0.4) is 0 Å². The Bertz CT molecular complexity index is 288. The maximum Gasteiger partial charge on any atom is 0.143 e. The van der Waals surface area contributed by atoms with E-state index in [1.807, 2.05) is 18.0 Å². The molecule has 2 rings (SSSR count). The topological polar surface area (TPSA) is 37.8 Å². The molecule has 0 radical (unpaired) electrons. The van der Waals surface area contributed by atoms with E-state index >= 15 is 0 Å². The number of nitrogens with one attached hydrogen (secondary N) is 1. The van der Waals surface area contributed by atoms with Gasteiger partial charge in [-0.1, -0.05) is 0 Å². The van der Waals surface area contributed by atoms with Crippen LogP contribution in [-0.2, 0) is 0 Å². The molecule has 13 heavy (non-hydrogen) atoms. The molecule has 1 aromatic heterocycles. The SMILES string of the molecule is Ic1cncnc1NC1CCSC1. The van der Waals surface area contributed by atoms with Crippen LogP contribution in [0.15, 0.2) is 12.5 Å². The third kappa shape index (κ3) is 2.46. The van der Waals surface area contributed by atoms with E-state index in [2.05, 4.69) is 37.9 Å². The fraction of sp³-hybridized carbons (Fsp3) is 0.500. The summed E-state index contributed by atoms with van der Waals surface area (Å²) in [4.78, 5) is 8.16. The molecule has 1 fully saturated rings. The minimum atomic E-state index is 0.591. The summed E-state index contributed by atoms with van der Waals surface area (Å²) in [6, 6.07) is 0.591. The molecule has 0 bridgehead atoms. The fourth-order valence-electron chi connectivity index (χ4n) is 1.26. The first-order chi connectivity index (χ1) is 6.36. The second-order valence-corrected chi connectivity index (χ2v) is 5.24. The van der Waals surface area contributed by atoms with Crippen molar-refractivity contribution < 1.29 is 0 Å². The molecule has 1 saturated heterocycles. The monoisotopic (exact) mass is 307 g/mol. The molecule has 0 spiro atoms. The lowest BCUT2D eigenvalue weighted by Crippen LogP contribution is -2.19. The standard InChI is InChI=1S/C8H10IN3S/c9-7-3-10-5-11-8(7)12-6-1-2-13-4-6/h3,5-6H,1-2,4H2,(H,10,11,12). The van der Waals surface area contributed by atoms with Crippen molar-refractivity contribution in [2.45, 2.75) is 12.5 Å². The number of thioether (sulfide) groups is 1. The van der Waals surface area contributed by atoms with E-state index in [4.69, 9.17) is 0 Å². The number of rotatable bonds is 2. The van der Waals surface area contributed by atoms with Crippen molar-refractivity contribution in [1.82, 2.24) is 9.97 Å². The molecule has 1 aliphatic heterocycles. The molecule has 1 atom stereocenters. The molecular formula is C8H10IN3S. The van der Waals surface area contributed by atoms with Crippen LogP contribution in [0.5, 0.6) is 0 Å². The highest BCUT2D eigenvalue weighted by molar-refractivity contribution is 14.1. The number of nitrogens with zero attached hydrogens (tertiary/aromatic N) is 2. The van der Waals surface area contributed by atoms with Crippen LogP contribution in [0.4, 0.5) is 5.82 Å². The van der Waals surface area contributed by atoms with Crippen LogP contribution < -0.4 is 5.32 Å². The van der Waals surface area contributed by atoms with Crippen LogP contribution >= 0.6 is 34.4 Å². The van der Waals surface area contributed by atoms with Gasteiger partial charge in [-0.25, -0.2) is 9.97 Å². The Morgan fingerprint density at radius 2 is 2.54 bits per heavy atom. The summed E-state index contributed by atoms with van der Waals surface area (Å²) >= 11 is 4.25. The molecule has 1 aliphatic rings. The average Bonchev–Trinajstić information content (AvgIpc) is 2.61. The van der Waals surface area contributed by atoms with Gasteiger partial charge in [0.25, 0.3) is 0 Å². The van der Waals surface area contributed by atoms with Crippen molar-refractivity contribution in [3.05, 3.63) is 16.1 Å². The lowest BCUT2D eigenvalue weighted by atomic mass is 10.2. The number of hydrogen-bond donors (Lipinski definition) is 1. The first kappa shape index (κ1) is 9.51. The fourth-order valence-corrected chi connectivity index (χ4v) is 2.87. The minimum absolute atomic E-state index is 0.591. The van der Waals surface area contributed by atoms with E-state index in [0.29, 0.717) is 6.04 Å². The quantitative estimate of drug-likeness (QED) is 0.848. The summed E-state index contributed by atoms with van der Waals surface area (Å²) in [5.41, 5.74) is 0. The van der Waals surface area contributed by atoms with Gasteiger partial charge in [-0.2, -0.15) is 11.8 Å². The number of aromatic nitrogens is 2. The Labute approximate surface area is 95.3 Å². The highest BCUT2D eigenvalue weighted by Crippen LogP contribution is 2.22. The van der Waals surface area contributed by atoms with Crippen LogP contribution in [0.1, 0.15) is 6.42 Å². The van der Waals surface area contributed by atoms with Crippen LogP contribution in [0.2, 0.25) is 0 Å². The molecule has 0 aromatic carbocycles. The highest BCUT2D eigenvalue weighted by Gasteiger charge is 2.16. The van der Waals surface area contributed by atoms with Crippen LogP contribution in [0.25, 0.3) is 0 Å². The molecule has 1 unspecified atom stereocenters. The Kier molecular flexibility index (Phi) is 3.26. The van der Waals surface area contributed by atoms with Crippen molar-refractivity contribution in [3.8, 4) is 0 Å². The largest absolute Gasteiger partial charge is 0.366 e. The van der Waals surface area contributed by atoms with Gasteiger partial charge in [0.15, 0.2) is 0 Å². The predicted octanol–water partition coefficient (Wildman–Crippen LogP) is 2.00. The van der Waals surface area contributed by atoms with E-state index in [1.54, 1.807) is 6.33 Å². The molecular weight excluding hydrogens is 297 g/mol. The molecule has 2 heterocycles. The molecule has 1 N–H and O–H groups in total. The van der Waals surface area contributed by atoms with Gasteiger partial charge in [-0.05, 0) is 34.8 Å². The zero-order valence-electron chi connectivity index (χ0n) is 7.03.